The number of hydrogen-bond donors (Lipinski definition) is 0. The van der Waals surface area contributed by atoms with Crippen LogP contribution >= 0.6 is 15.9 Å². The van der Waals surface area contributed by atoms with Gasteiger partial charge in [-0.05, 0) is 112 Å². The molecule has 0 saturated carbocycles. The summed E-state index contributed by atoms with van der Waals surface area (Å²) < 4.78 is 3.57. The molecule has 6 aromatic rings. The molecule has 1 heterocycles. The summed E-state index contributed by atoms with van der Waals surface area (Å²) in [5.41, 5.74) is 14.9. The second-order valence-electron chi connectivity index (χ2n) is 9.89. The Balaban J connectivity index is 1.32. The Morgan fingerprint density at radius 3 is 2.11 bits per heavy atom. The fourth-order valence-electron chi connectivity index (χ4n) is 6.07. The van der Waals surface area contributed by atoms with E-state index in [4.69, 9.17) is 0 Å². The van der Waals surface area contributed by atoms with Crippen LogP contribution in [0.2, 0.25) is 0 Å². The van der Waals surface area contributed by atoms with Crippen LogP contribution in [-0.2, 0) is 19.3 Å². The van der Waals surface area contributed by atoms with Crippen LogP contribution in [0.1, 0.15) is 22.3 Å². The summed E-state index contributed by atoms with van der Waals surface area (Å²) in [5.74, 6) is 0. The predicted molar refractivity (Wildman–Crippen MR) is 150 cm³/mol. The summed E-state index contributed by atoms with van der Waals surface area (Å²) in [7, 11) is 0. The molecule has 0 amide bonds. The molecule has 5 aromatic carbocycles. The molecule has 2 aliphatic carbocycles. The molecule has 2 aliphatic rings. The number of fused-ring (bicyclic) bond motifs is 7. The monoisotopic (exact) mass is 511 g/mol. The molecule has 0 atom stereocenters. The van der Waals surface area contributed by atoms with Crippen LogP contribution in [0.3, 0.4) is 0 Å². The fourth-order valence-corrected chi connectivity index (χ4v) is 6.43. The molecule has 8 rings (SSSR count). The largest absolute Gasteiger partial charge is 0.309 e. The van der Waals surface area contributed by atoms with Gasteiger partial charge in [0.25, 0.3) is 0 Å². The quantitative estimate of drug-likeness (QED) is 0.218. The standard InChI is InChI=1S/C33H22BrN/c34-26-12-9-25-15-24-8-7-22(17-29(24)30(25)19-26)23-11-14-33-31(18-23)28-3-1-2-4-32(28)35(33)27-13-10-20-5-6-21(20)16-27/h1-4,7-14,16-19H,5-6,15H2. The van der Waals surface area contributed by atoms with E-state index < -0.39 is 0 Å². The Kier molecular flexibility index (Phi) is 4.04. The average Bonchev–Trinajstić information content (AvgIpc) is 3.39. The molecule has 0 spiro atoms. The van der Waals surface area contributed by atoms with Crippen molar-refractivity contribution in [3.63, 3.8) is 0 Å². The average molecular weight is 512 g/mol. The van der Waals surface area contributed by atoms with Crippen LogP contribution in [0.5, 0.6) is 0 Å². The maximum atomic E-state index is 3.66. The van der Waals surface area contributed by atoms with Crippen molar-refractivity contribution in [2.45, 2.75) is 19.3 Å². The lowest BCUT2D eigenvalue weighted by Crippen LogP contribution is -2.09. The number of nitrogens with zero attached hydrogens (tertiary/aromatic N) is 1. The van der Waals surface area contributed by atoms with Gasteiger partial charge in [-0.25, -0.2) is 0 Å². The van der Waals surface area contributed by atoms with E-state index in [0.29, 0.717) is 0 Å². The number of aryl methyl sites for hydroxylation is 2. The highest BCUT2D eigenvalue weighted by Gasteiger charge is 2.20. The zero-order chi connectivity index (χ0) is 23.1. The predicted octanol–water partition coefficient (Wildman–Crippen LogP) is 8.88. The molecule has 35 heavy (non-hydrogen) atoms. The Morgan fingerprint density at radius 2 is 1.26 bits per heavy atom. The SMILES string of the molecule is Brc1ccc2c(c1)-c1cc(-c3ccc4c(c3)c3ccccc3n4-c3ccc4c(c3)CC4)ccc1C2. The first-order valence-corrected chi connectivity index (χ1v) is 13.1. The van der Waals surface area contributed by atoms with Crippen molar-refractivity contribution in [3.8, 4) is 27.9 Å². The van der Waals surface area contributed by atoms with Crippen molar-refractivity contribution < 1.29 is 0 Å². The van der Waals surface area contributed by atoms with Gasteiger partial charge in [-0.2, -0.15) is 0 Å². The molecular formula is C33H22BrN. The lowest BCUT2D eigenvalue weighted by Gasteiger charge is -2.20. The summed E-state index contributed by atoms with van der Waals surface area (Å²) >= 11 is 3.66. The van der Waals surface area contributed by atoms with E-state index in [1.165, 1.54) is 84.8 Å². The lowest BCUT2D eigenvalue weighted by atomic mass is 9.88. The van der Waals surface area contributed by atoms with Crippen LogP contribution in [0.4, 0.5) is 0 Å². The Labute approximate surface area is 212 Å². The zero-order valence-corrected chi connectivity index (χ0v) is 20.8. The van der Waals surface area contributed by atoms with Crippen LogP contribution in [0, 0.1) is 0 Å². The first-order valence-electron chi connectivity index (χ1n) is 12.3. The highest BCUT2D eigenvalue weighted by molar-refractivity contribution is 9.10. The van der Waals surface area contributed by atoms with Crippen molar-refractivity contribution in [1.29, 1.82) is 0 Å². The van der Waals surface area contributed by atoms with Crippen molar-refractivity contribution in [2.24, 2.45) is 0 Å². The molecular weight excluding hydrogens is 490 g/mol. The van der Waals surface area contributed by atoms with Crippen molar-refractivity contribution in [1.82, 2.24) is 4.57 Å². The van der Waals surface area contributed by atoms with Gasteiger partial charge in [-0.1, -0.05) is 64.5 Å². The summed E-state index contributed by atoms with van der Waals surface area (Å²) in [5, 5.41) is 2.62. The fraction of sp³-hybridized carbons (Fsp3) is 0.0909. The van der Waals surface area contributed by atoms with Gasteiger partial charge in [-0.3, -0.25) is 0 Å². The van der Waals surface area contributed by atoms with E-state index in [0.717, 1.165) is 10.9 Å². The number of rotatable bonds is 2. The van der Waals surface area contributed by atoms with E-state index in [1.807, 2.05) is 0 Å². The minimum Gasteiger partial charge on any atom is -0.309 e. The van der Waals surface area contributed by atoms with Crippen LogP contribution in [-0.4, -0.2) is 4.57 Å². The molecule has 1 nitrogen and oxygen atoms in total. The van der Waals surface area contributed by atoms with Crippen LogP contribution in [0.15, 0.2) is 102 Å². The van der Waals surface area contributed by atoms with Gasteiger partial charge >= 0.3 is 0 Å². The molecule has 0 aliphatic heterocycles. The number of aromatic nitrogens is 1. The Hall–Kier alpha value is -3.62. The van der Waals surface area contributed by atoms with Crippen LogP contribution < -0.4 is 0 Å². The first-order chi connectivity index (χ1) is 17.2. The minimum atomic E-state index is 1.02. The molecule has 0 unspecified atom stereocenters. The van der Waals surface area contributed by atoms with Gasteiger partial charge in [-0.15, -0.1) is 0 Å². The van der Waals surface area contributed by atoms with Crippen molar-refractivity contribution in [3.05, 3.63) is 124 Å². The molecule has 2 heteroatoms. The van der Waals surface area contributed by atoms with Gasteiger partial charge in [0.2, 0.25) is 0 Å². The first kappa shape index (κ1) is 19.7. The van der Waals surface area contributed by atoms with Crippen molar-refractivity contribution >= 4 is 37.7 Å². The highest BCUT2D eigenvalue weighted by Crippen LogP contribution is 2.41. The number of hydrogen-bond acceptors (Lipinski definition) is 0. The smallest absolute Gasteiger partial charge is 0.0541 e. The Bertz CT molecular complexity index is 1840. The third-order valence-corrected chi connectivity index (χ3v) is 8.46. The van der Waals surface area contributed by atoms with Crippen molar-refractivity contribution in [2.75, 3.05) is 0 Å². The van der Waals surface area contributed by atoms with Gasteiger partial charge < -0.3 is 4.57 Å². The molecule has 0 bridgehead atoms. The second kappa shape index (κ2) is 7.19. The number of halogens is 1. The highest BCUT2D eigenvalue weighted by atomic mass is 79.9. The van der Waals surface area contributed by atoms with E-state index in [-0.39, 0.29) is 0 Å². The molecule has 166 valence electrons. The topological polar surface area (TPSA) is 4.93 Å². The summed E-state index contributed by atoms with van der Waals surface area (Å²) in [6.07, 6.45) is 3.43. The molecule has 0 fully saturated rings. The maximum absolute atomic E-state index is 3.66. The minimum absolute atomic E-state index is 1.02. The third kappa shape index (κ3) is 2.87. The normalized spacial score (nSPS) is 13.5. The summed E-state index contributed by atoms with van der Waals surface area (Å²) in [6, 6.07) is 36.4. The molecule has 0 N–H and O–H groups in total. The lowest BCUT2D eigenvalue weighted by molar-refractivity contribution is 0.836. The molecule has 0 radical (unpaired) electrons. The summed E-state index contributed by atoms with van der Waals surface area (Å²) in [4.78, 5) is 0. The van der Waals surface area contributed by atoms with E-state index in [1.54, 1.807) is 0 Å². The molecule has 0 saturated heterocycles. The van der Waals surface area contributed by atoms with E-state index in [2.05, 4.69) is 118 Å². The van der Waals surface area contributed by atoms with Gasteiger partial charge in [0, 0.05) is 20.9 Å². The third-order valence-electron chi connectivity index (χ3n) is 7.97. The molecule has 1 aromatic heterocycles. The van der Waals surface area contributed by atoms with Crippen LogP contribution in [0.25, 0.3) is 49.7 Å². The van der Waals surface area contributed by atoms with Gasteiger partial charge in [0.05, 0.1) is 11.0 Å². The maximum Gasteiger partial charge on any atom is 0.0541 e. The van der Waals surface area contributed by atoms with Gasteiger partial charge in [0.15, 0.2) is 0 Å². The number of benzene rings is 5. The Morgan fingerprint density at radius 1 is 0.543 bits per heavy atom. The summed E-state index contributed by atoms with van der Waals surface area (Å²) in [6.45, 7) is 0. The van der Waals surface area contributed by atoms with E-state index in [9.17, 15) is 0 Å². The number of para-hydroxylation sites is 1. The van der Waals surface area contributed by atoms with E-state index >= 15 is 0 Å². The van der Waals surface area contributed by atoms with Gasteiger partial charge in [0.1, 0.15) is 0 Å². The second-order valence-corrected chi connectivity index (χ2v) is 10.8. The zero-order valence-electron chi connectivity index (χ0n) is 19.2.